The maximum Gasteiger partial charge on any atom is 0.253 e. The summed E-state index contributed by atoms with van der Waals surface area (Å²) in [6.07, 6.45) is 0.147. The van der Waals surface area contributed by atoms with E-state index in [1.54, 1.807) is 24.1 Å². The van der Waals surface area contributed by atoms with Crippen LogP contribution in [-0.4, -0.2) is 49.3 Å². The van der Waals surface area contributed by atoms with Crippen molar-refractivity contribution >= 4 is 5.91 Å². The summed E-state index contributed by atoms with van der Waals surface area (Å²) in [5.41, 5.74) is 0.422. The predicted molar refractivity (Wildman–Crippen MR) is 72.7 cm³/mol. The lowest BCUT2D eigenvalue weighted by molar-refractivity contribution is 0.0532. The third kappa shape index (κ3) is 4.44. The third-order valence-corrected chi connectivity index (χ3v) is 2.65. The minimum absolute atomic E-state index is 0.0415. The third-order valence-electron chi connectivity index (χ3n) is 2.65. The summed E-state index contributed by atoms with van der Waals surface area (Å²) in [5.74, 6) is 0.146. The molecular formula is C14H21NO4. The van der Waals surface area contributed by atoms with Gasteiger partial charge in [0.15, 0.2) is 11.5 Å². The second-order valence-electron chi connectivity index (χ2n) is 4.53. The number of hydrogen-bond donors (Lipinski definition) is 1. The highest BCUT2D eigenvalue weighted by Gasteiger charge is 2.13. The molecule has 0 saturated carbocycles. The molecule has 0 bridgehead atoms. The van der Waals surface area contributed by atoms with E-state index >= 15 is 0 Å². The molecule has 0 aromatic heterocycles. The first-order valence-corrected chi connectivity index (χ1v) is 6.19. The molecule has 0 aliphatic carbocycles. The number of likely N-dealkylation sites (N-methyl/N-ethyl adjacent to an activating group) is 1. The van der Waals surface area contributed by atoms with Crippen molar-refractivity contribution in [2.24, 2.45) is 0 Å². The lowest BCUT2D eigenvalue weighted by Gasteiger charge is -2.18. The molecule has 1 rings (SSSR count). The quantitative estimate of drug-likeness (QED) is 0.855. The molecule has 106 valence electrons. The Hall–Kier alpha value is -1.75. The summed E-state index contributed by atoms with van der Waals surface area (Å²) < 4.78 is 10.3. The van der Waals surface area contributed by atoms with E-state index in [2.05, 4.69) is 0 Å². The fourth-order valence-electron chi connectivity index (χ4n) is 1.57. The first-order chi connectivity index (χ1) is 8.95. The number of benzene rings is 1. The molecule has 0 spiro atoms. The number of rotatable bonds is 6. The zero-order valence-corrected chi connectivity index (χ0v) is 11.8. The maximum atomic E-state index is 12.1. The number of ether oxygens (including phenoxy) is 2. The number of phenolic OH excluding ortho intramolecular Hbond substituents is 1. The zero-order valence-electron chi connectivity index (χ0n) is 11.8. The summed E-state index contributed by atoms with van der Waals surface area (Å²) in [6, 6.07) is 4.60. The molecule has 5 nitrogen and oxygen atoms in total. The Bertz CT molecular complexity index is 431. The van der Waals surface area contributed by atoms with Crippen LogP contribution in [0.5, 0.6) is 11.5 Å². The van der Waals surface area contributed by atoms with Gasteiger partial charge in [-0.2, -0.15) is 0 Å². The summed E-state index contributed by atoms with van der Waals surface area (Å²) in [4.78, 5) is 13.6. The van der Waals surface area contributed by atoms with Crippen molar-refractivity contribution in [3.8, 4) is 11.5 Å². The minimum Gasteiger partial charge on any atom is -0.504 e. The first-order valence-electron chi connectivity index (χ1n) is 6.19. The van der Waals surface area contributed by atoms with Crippen LogP contribution in [0.15, 0.2) is 18.2 Å². The Balaban J connectivity index is 2.64. The van der Waals surface area contributed by atoms with E-state index in [9.17, 15) is 9.90 Å². The normalized spacial score (nSPS) is 10.6. The average molecular weight is 267 g/mol. The topological polar surface area (TPSA) is 59.0 Å². The van der Waals surface area contributed by atoms with Crippen molar-refractivity contribution in [1.29, 1.82) is 0 Å². The Morgan fingerprint density at radius 2 is 2.11 bits per heavy atom. The molecule has 0 aliphatic rings. The molecule has 0 radical (unpaired) electrons. The molecule has 19 heavy (non-hydrogen) atoms. The SMILES string of the molecule is COc1ccc(C(=O)N(C)CCOC(C)C)cc1O. The van der Waals surface area contributed by atoms with Crippen LogP contribution in [0.4, 0.5) is 0 Å². The van der Waals surface area contributed by atoms with E-state index in [1.165, 1.54) is 13.2 Å². The van der Waals surface area contributed by atoms with Crippen LogP contribution in [0.3, 0.4) is 0 Å². The zero-order chi connectivity index (χ0) is 14.4. The van der Waals surface area contributed by atoms with Crippen molar-refractivity contribution in [3.63, 3.8) is 0 Å². The van der Waals surface area contributed by atoms with Gasteiger partial charge in [-0.25, -0.2) is 0 Å². The van der Waals surface area contributed by atoms with Crippen LogP contribution in [0.25, 0.3) is 0 Å². The van der Waals surface area contributed by atoms with Gasteiger partial charge in [-0.1, -0.05) is 0 Å². The summed E-state index contributed by atoms with van der Waals surface area (Å²) >= 11 is 0. The molecular weight excluding hydrogens is 246 g/mol. The summed E-state index contributed by atoms with van der Waals surface area (Å²) in [5, 5.41) is 9.65. The standard InChI is InChI=1S/C14H21NO4/c1-10(2)19-8-7-15(3)14(17)11-5-6-13(18-4)12(16)9-11/h5-6,9-10,16H,7-8H2,1-4H3. The van der Waals surface area contributed by atoms with E-state index in [1.807, 2.05) is 13.8 Å². The van der Waals surface area contributed by atoms with E-state index in [-0.39, 0.29) is 17.8 Å². The lowest BCUT2D eigenvalue weighted by atomic mass is 10.2. The maximum absolute atomic E-state index is 12.1. The highest BCUT2D eigenvalue weighted by atomic mass is 16.5. The van der Waals surface area contributed by atoms with Crippen molar-refractivity contribution in [2.45, 2.75) is 20.0 Å². The van der Waals surface area contributed by atoms with Gasteiger partial charge in [0.2, 0.25) is 0 Å². The Morgan fingerprint density at radius 3 is 2.63 bits per heavy atom. The van der Waals surface area contributed by atoms with Crippen molar-refractivity contribution < 1.29 is 19.4 Å². The molecule has 1 aromatic carbocycles. The van der Waals surface area contributed by atoms with Gasteiger partial charge in [0, 0.05) is 19.2 Å². The second-order valence-corrected chi connectivity index (χ2v) is 4.53. The number of phenols is 1. The molecule has 1 amide bonds. The van der Waals surface area contributed by atoms with Crippen LogP contribution < -0.4 is 4.74 Å². The van der Waals surface area contributed by atoms with Crippen LogP contribution in [0.1, 0.15) is 24.2 Å². The highest BCUT2D eigenvalue weighted by molar-refractivity contribution is 5.94. The minimum atomic E-state index is -0.162. The molecule has 0 fully saturated rings. The Morgan fingerprint density at radius 1 is 1.42 bits per heavy atom. The summed E-state index contributed by atoms with van der Waals surface area (Å²) in [7, 11) is 3.17. The van der Waals surface area contributed by atoms with Gasteiger partial charge in [0.05, 0.1) is 19.8 Å². The van der Waals surface area contributed by atoms with Crippen LogP contribution >= 0.6 is 0 Å². The molecule has 1 N–H and O–H groups in total. The monoisotopic (exact) mass is 267 g/mol. The number of amides is 1. The summed E-state index contributed by atoms with van der Waals surface area (Å²) in [6.45, 7) is 4.89. The lowest BCUT2D eigenvalue weighted by Crippen LogP contribution is -2.30. The van der Waals surface area contributed by atoms with Gasteiger partial charge in [0.25, 0.3) is 5.91 Å². The fraction of sp³-hybridized carbons (Fsp3) is 0.500. The molecule has 0 aliphatic heterocycles. The van der Waals surface area contributed by atoms with Gasteiger partial charge < -0.3 is 19.5 Å². The number of aromatic hydroxyl groups is 1. The number of carbonyl (C=O) groups is 1. The van der Waals surface area contributed by atoms with Gasteiger partial charge >= 0.3 is 0 Å². The van der Waals surface area contributed by atoms with E-state index in [0.717, 1.165) is 0 Å². The van der Waals surface area contributed by atoms with Gasteiger partial charge in [-0.05, 0) is 32.0 Å². The molecule has 5 heteroatoms. The largest absolute Gasteiger partial charge is 0.504 e. The number of nitrogens with zero attached hydrogens (tertiary/aromatic N) is 1. The molecule has 0 heterocycles. The van der Waals surface area contributed by atoms with Crippen molar-refractivity contribution in [3.05, 3.63) is 23.8 Å². The van der Waals surface area contributed by atoms with E-state index in [0.29, 0.717) is 24.5 Å². The Kier molecular flexibility index (Phi) is 5.63. The van der Waals surface area contributed by atoms with Crippen LogP contribution in [-0.2, 0) is 4.74 Å². The van der Waals surface area contributed by atoms with E-state index in [4.69, 9.17) is 9.47 Å². The van der Waals surface area contributed by atoms with Gasteiger partial charge in [-0.15, -0.1) is 0 Å². The van der Waals surface area contributed by atoms with Crippen LogP contribution in [0.2, 0.25) is 0 Å². The number of methoxy groups -OCH3 is 1. The molecule has 1 aromatic rings. The average Bonchev–Trinajstić information content (AvgIpc) is 2.37. The Labute approximate surface area is 113 Å². The van der Waals surface area contributed by atoms with Crippen molar-refractivity contribution in [2.75, 3.05) is 27.3 Å². The predicted octanol–water partition coefficient (Wildman–Crippen LogP) is 1.90. The smallest absolute Gasteiger partial charge is 0.253 e. The van der Waals surface area contributed by atoms with E-state index < -0.39 is 0 Å². The molecule has 0 atom stereocenters. The van der Waals surface area contributed by atoms with Crippen molar-refractivity contribution in [1.82, 2.24) is 4.90 Å². The number of carbonyl (C=O) groups excluding carboxylic acids is 1. The fourth-order valence-corrected chi connectivity index (χ4v) is 1.57. The van der Waals surface area contributed by atoms with Crippen LogP contribution in [0, 0.1) is 0 Å². The molecule has 0 saturated heterocycles. The van der Waals surface area contributed by atoms with Gasteiger partial charge in [0.1, 0.15) is 0 Å². The first kappa shape index (κ1) is 15.3. The highest BCUT2D eigenvalue weighted by Crippen LogP contribution is 2.26. The number of hydrogen-bond acceptors (Lipinski definition) is 4. The second kappa shape index (κ2) is 6.99. The van der Waals surface area contributed by atoms with Gasteiger partial charge in [-0.3, -0.25) is 4.79 Å². The molecule has 0 unspecified atom stereocenters.